The lowest BCUT2D eigenvalue weighted by molar-refractivity contribution is 1.46. The SMILES string of the molecule is Cc1cc(-c2cccc(-c3ccc4c5ccccc5c5ccccc5c4c3)c2)cc(-c2ccc3c4ccccc4c4ccccc4c3c2)c1. The molecule has 0 spiro atoms. The minimum absolute atomic E-state index is 1.23. The van der Waals surface area contributed by atoms with Crippen molar-refractivity contribution in [3.63, 3.8) is 0 Å². The van der Waals surface area contributed by atoms with E-state index in [0.29, 0.717) is 0 Å². The summed E-state index contributed by atoms with van der Waals surface area (Å²) in [5, 5.41) is 15.6. The van der Waals surface area contributed by atoms with E-state index in [-0.39, 0.29) is 0 Å². The standard InChI is InChI=1S/C49H32/c1-31-25-36(28-37(26-31)35-22-24-47-43-18-5-3-14-39(43)41-16-7-9-20-45(41)49(47)30-35)33-12-10-11-32(27-33)34-21-23-46-42-17-4-2-13-38(42)40-15-6-8-19-44(40)48(46)29-34/h2-30H,1H3. The highest BCUT2D eigenvalue weighted by Crippen LogP contribution is 2.40. The fourth-order valence-electron chi connectivity index (χ4n) is 8.17. The summed E-state index contributed by atoms with van der Waals surface area (Å²) in [5.74, 6) is 0. The van der Waals surface area contributed by atoms with Crippen LogP contribution in [0, 0.1) is 6.92 Å². The molecular formula is C49H32. The minimum atomic E-state index is 1.23. The number of benzene rings is 10. The summed E-state index contributed by atoms with van der Waals surface area (Å²) in [5.41, 5.74) is 8.65. The van der Waals surface area contributed by atoms with E-state index in [1.165, 1.54) is 104 Å². The molecule has 0 unspecified atom stereocenters. The molecule has 0 N–H and O–H groups in total. The number of hydrogen-bond acceptors (Lipinski definition) is 0. The first-order valence-corrected chi connectivity index (χ1v) is 17.1. The summed E-state index contributed by atoms with van der Waals surface area (Å²) in [6.45, 7) is 2.21. The Kier molecular flexibility index (Phi) is 6.19. The van der Waals surface area contributed by atoms with Gasteiger partial charge in [0.15, 0.2) is 0 Å². The molecule has 0 heterocycles. The molecule has 0 aliphatic heterocycles. The van der Waals surface area contributed by atoms with Crippen LogP contribution in [0.25, 0.3) is 98.0 Å². The van der Waals surface area contributed by atoms with Crippen molar-refractivity contribution in [3.05, 3.63) is 181 Å². The summed E-state index contributed by atoms with van der Waals surface area (Å²) in [7, 11) is 0. The molecule has 0 fully saturated rings. The molecule has 10 rings (SSSR count). The van der Waals surface area contributed by atoms with Crippen molar-refractivity contribution in [3.8, 4) is 33.4 Å². The molecule has 0 amide bonds. The van der Waals surface area contributed by atoms with E-state index in [4.69, 9.17) is 0 Å². The lowest BCUT2D eigenvalue weighted by Crippen LogP contribution is -1.88. The van der Waals surface area contributed by atoms with E-state index in [2.05, 4.69) is 183 Å². The third kappa shape index (κ3) is 4.45. The van der Waals surface area contributed by atoms with Crippen LogP contribution in [-0.2, 0) is 0 Å². The number of rotatable bonds is 3. The second-order valence-corrected chi connectivity index (χ2v) is 13.4. The Bertz CT molecular complexity index is 2870. The molecule has 0 aliphatic carbocycles. The van der Waals surface area contributed by atoms with Crippen molar-refractivity contribution >= 4 is 64.6 Å². The first-order valence-electron chi connectivity index (χ1n) is 17.1. The Morgan fingerprint density at radius 2 is 0.490 bits per heavy atom. The predicted molar refractivity (Wildman–Crippen MR) is 213 cm³/mol. The van der Waals surface area contributed by atoms with Crippen LogP contribution in [0.2, 0.25) is 0 Å². The van der Waals surface area contributed by atoms with Gasteiger partial charge in [0.2, 0.25) is 0 Å². The summed E-state index contributed by atoms with van der Waals surface area (Å²) in [6.07, 6.45) is 0. The van der Waals surface area contributed by atoms with Crippen molar-refractivity contribution in [2.24, 2.45) is 0 Å². The van der Waals surface area contributed by atoms with E-state index < -0.39 is 0 Å². The summed E-state index contributed by atoms with van der Waals surface area (Å²) in [6, 6.07) is 65.2. The summed E-state index contributed by atoms with van der Waals surface area (Å²) >= 11 is 0. The lowest BCUT2D eigenvalue weighted by Gasteiger charge is -2.14. The third-order valence-corrected chi connectivity index (χ3v) is 10.4. The van der Waals surface area contributed by atoms with Gasteiger partial charge in [-0.1, -0.05) is 152 Å². The summed E-state index contributed by atoms with van der Waals surface area (Å²) in [4.78, 5) is 0. The molecule has 10 aromatic carbocycles. The molecule has 228 valence electrons. The molecule has 0 radical (unpaired) electrons. The molecular weight excluding hydrogens is 589 g/mol. The van der Waals surface area contributed by atoms with Gasteiger partial charge in [0.05, 0.1) is 0 Å². The Hall–Kier alpha value is -6.24. The summed E-state index contributed by atoms with van der Waals surface area (Å²) < 4.78 is 0. The van der Waals surface area contributed by atoms with Crippen LogP contribution in [0.3, 0.4) is 0 Å². The van der Waals surface area contributed by atoms with E-state index >= 15 is 0 Å². The maximum absolute atomic E-state index is 2.39. The molecule has 0 saturated heterocycles. The van der Waals surface area contributed by atoms with Gasteiger partial charge in [-0.05, 0) is 135 Å². The quantitative estimate of drug-likeness (QED) is 0.172. The molecule has 0 nitrogen and oxygen atoms in total. The van der Waals surface area contributed by atoms with Crippen LogP contribution in [0.1, 0.15) is 5.56 Å². The predicted octanol–water partition coefficient (Wildman–Crippen LogP) is 13.9. The molecule has 10 aromatic rings. The maximum Gasteiger partial charge on any atom is -0.00928 e. The van der Waals surface area contributed by atoms with E-state index in [9.17, 15) is 0 Å². The maximum atomic E-state index is 2.39. The zero-order valence-electron chi connectivity index (χ0n) is 27.2. The third-order valence-electron chi connectivity index (χ3n) is 10.4. The molecule has 0 heteroatoms. The van der Waals surface area contributed by atoms with Crippen LogP contribution in [0.5, 0.6) is 0 Å². The van der Waals surface area contributed by atoms with Gasteiger partial charge in [-0.2, -0.15) is 0 Å². The van der Waals surface area contributed by atoms with Gasteiger partial charge in [0.1, 0.15) is 0 Å². The van der Waals surface area contributed by atoms with Crippen LogP contribution >= 0.6 is 0 Å². The van der Waals surface area contributed by atoms with E-state index in [1.54, 1.807) is 0 Å². The van der Waals surface area contributed by atoms with Crippen molar-refractivity contribution in [1.29, 1.82) is 0 Å². The fourth-order valence-corrected chi connectivity index (χ4v) is 8.17. The zero-order chi connectivity index (χ0) is 32.5. The second kappa shape index (κ2) is 10.9. The van der Waals surface area contributed by atoms with Gasteiger partial charge < -0.3 is 0 Å². The number of hydrogen-bond donors (Lipinski definition) is 0. The smallest absolute Gasteiger partial charge is 0.00928 e. The lowest BCUT2D eigenvalue weighted by atomic mass is 9.90. The van der Waals surface area contributed by atoms with Gasteiger partial charge in [0, 0.05) is 0 Å². The van der Waals surface area contributed by atoms with Gasteiger partial charge in [-0.3, -0.25) is 0 Å². The van der Waals surface area contributed by atoms with Gasteiger partial charge in [-0.25, -0.2) is 0 Å². The van der Waals surface area contributed by atoms with Crippen LogP contribution in [-0.4, -0.2) is 0 Å². The second-order valence-electron chi connectivity index (χ2n) is 13.4. The largest absolute Gasteiger partial charge is 0.0616 e. The first kappa shape index (κ1) is 27.8. The highest BCUT2D eigenvalue weighted by Gasteiger charge is 2.13. The van der Waals surface area contributed by atoms with Crippen LogP contribution < -0.4 is 0 Å². The van der Waals surface area contributed by atoms with Crippen molar-refractivity contribution in [2.45, 2.75) is 6.92 Å². The Morgan fingerprint density at radius 3 is 0.898 bits per heavy atom. The highest BCUT2D eigenvalue weighted by molar-refractivity contribution is 6.27. The van der Waals surface area contributed by atoms with Crippen molar-refractivity contribution in [1.82, 2.24) is 0 Å². The van der Waals surface area contributed by atoms with Crippen molar-refractivity contribution in [2.75, 3.05) is 0 Å². The molecule has 0 bridgehead atoms. The number of fused-ring (bicyclic) bond motifs is 12. The van der Waals surface area contributed by atoms with Crippen LogP contribution in [0.4, 0.5) is 0 Å². The molecule has 49 heavy (non-hydrogen) atoms. The van der Waals surface area contributed by atoms with E-state index in [1.807, 2.05) is 0 Å². The monoisotopic (exact) mass is 620 g/mol. The topological polar surface area (TPSA) is 0 Å². The van der Waals surface area contributed by atoms with E-state index in [0.717, 1.165) is 0 Å². The Balaban J connectivity index is 1.10. The van der Waals surface area contributed by atoms with Gasteiger partial charge in [0.25, 0.3) is 0 Å². The number of aryl methyl sites for hydroxylation is 1. The van der Waals surface area contributed by atoms with Crippen LogP contribution in [0.15, 0.2) is 176 Å². The average Bonchev–Trinajstić information content (AvgIpc) is 3.17. The minimum Gasteiger partial charge on any atom is -0.0616 e. The molecule has 0 aliphatic rings. The molecule has 0 atom stereocenters. The first-order chi connectivity index (χ1) is 24.2. The molecule has 0 aromatic heterocycles. The Labute approximate surface area is 285 Å². The highest BCUT2D eigenvalue weighted by atomic mass is 14.2. The molecule has 0 saturated carbocycles. The Morgan fingerprint density at radius 1 is 0.204 bits per heavy atom. The van der Waals surface area contributed by atoms with Gasteiger partial charge in [-0.15, -0.1) is 0 Å². The normalized spacial score (nSPS) is 11.8. The zero-order valence-corrected chi connectivity index (χ0v) is 27.2. The van der Waals surface area contributed by atoms with Crippen molar-refractivity contribution < 1.29 is 0 Å². The fraction of sp³-hybridized carbons (Fsp3) is 0.0204. The van der Waals surface area contributed by atoms with Gasteiger partial charge >= 0.3 is 0 Å². The average molecular weight is 621 g/mol.